The molecule has 0 amide bonds. The first kappa shape index (κ1) is 10.8. The number of aromatic nitrogens is 1. The molecule has 0 saturated heterocycles. The van der Waals surface area contributed by atoms with Gasteiger partial charge in [-0.3, -0.25) is 0 Å². The third kappa shape index (κ3) is 3.25. The lowest BCUT2D eigenvalue weighted by molar-refractivity contribution is 0.771. The van der Waals surface area contributed by atoms with E-state index in [1.165, 1.54) is 0 Å². The van der Waals surface area contributed by atoms with E-state index in [1.54, 1.807) is 12.3 Å². The maximum Gasteiger partial charge on any atom is 0.124 e. The third-order valence-corrected chi connectivity index (χ3v) is 1.83. The van der Waals surface area contributed by atoms with Crippen LogP contribution in [-0.4, -0.2) is 11.0 Å². The number of nitrogens with two attached hydrogens (primary N) is 2. The summed E-state index contributed by atoms with van der Waals surface area (Å²) in [7, 11) is 0. The van der Waals surface area contributed by atoms with Gasteiger partial charge in [0.25, 0.3) is 0 Å². The van der Waals surface area contributed by atoms with Crippen molar-refractivity contribution < 1.29 is 0 Å². The van der Waals surface area contributed by atoms with Gasteiger partial charge in [-0.05, 0) is 6.92 Å². The molecule has 0 unspecified atom stereocenters. The highest BCUT2D eigenvalue weighted by Crippen LogP contribution is 2.15. The van der Waals surface area contributed by atoms with Crippen LogP contribution in [-0.2, 0) is 0 Å². The first-order chi connectivity index (χ1) is 6.59. The number of hydrogen-bond acceptors (Lipinski definition) is 3. The van der Waals surface area contributed by atoms with Crippen LogP contribution in [0.5, 0.6) is 0 Å². The van der Waals surface area contributed by atoms with Crippen molar-refractivity contribution in [2.24, 2.45) is 5.73 Å². The number of nitrogen functional groups attached to an aromatic ring is 1. The summed E-state index contributed by atoms with van der Waals surface area (Å²) < 4.78 is 0. The number of rotatable bonds is 1. The first-order valence-corrected chi connectivity index (χ1v) is 4.63. The van der Waals surface area contributed by atoms with Gasteiger partial charge in [0.1, 0.15) is 5.82 Å². The fourth-order valence-electron chi connectivity index (χ4n) is 0.845. The maximum absolute atomic E-state index is 5.89. The minimum Gasteiger partial charge on any atom is -0.384 e. The van der Waals surface area contributed by atoms with Gasteiger partial charge in [-0.2, -0.15) is 0 Å². The van der Waals surface area contributed by atoms with Gasteiger partial charge in [0.2, 0.25) is 0 Å². The normalized spacial score (nSPS) is 11.6. The zero-order chi connectivity index (χ0) is 10.6. The number of pyridine rings is 1. The van der Waals surface area contributed by atoms with E-state index in [-0.39, 0.29) is 6.04 Å². The molecule has 14 heavy (non-hydrogen) atoms. The third-order valence-electron chi connectivity index (χ3n) is 1.52. The van der Waals surface area contributed by atoms with E-state index in [9.17, 15) is 0 Å². The molecule has 0 fully saturated rings. The lowest BCUT2D eigenvalue weighted by Gasteiger charge is -1.97. The van der Waals surface area contributed by atoms with E-state index in [1.807, 2.05) is 6.92 Å². The smallest absolute Gasteiger partial charge is 0.124 e. The Labute approximate surface area is 88.5 Å². The lowest BCUT2D eigenvalue weighted by Crippen LogP contribution is -2.12. The lowest BCUT2D eigenvalue weighted by atomic mass is 10.2. The van der Waals surface area contributed by atoms with Gasteiger partial charge in [0, 0.05) is 24.7 Å². The van der Waals surface area contributed by atoms with Crippen LogP contribution in [0, 0.1) is 11.8 Å². The van der Waals surface area contributed by atoms with Crippen LogP contribution < -0.4 is 11.5 Å². The van der Waals surface area contributed by atoms with Crippen molar-refractivity contribution in [1.29, 1.82) is 0 Å². The predicted octanol–water partition coefficient (Wildman–Crippen LogP) is 1.41. The molecular weight excluding hydrogens is 198 g/mol. The van der Waals surface area contributed by atoms with Crippen LogP contribution >= 0.6 is 11.6 Å². The van der Waals surface area contributed by atoms with Crippen LogP contribution in [0.25, 0.3) is 0 Å². The molecule has 0 radical (unpaired) electrons. The highest BCUT2D eigenvalue weighted by Gasteiger charge is 1.97. The van der Waals surface area contributed by atoms with Gasteiger partial charge in [-0.25, -0.2) is 4.98 Å². The minimum absolute atomic E-state index is 0.0722. The molecule has 1 aromatic heterocycles. The Balaban J connectivity index is 2.80. The Kier molecular flexibility index (Phi) is 3.75. The fraction of sp³-hybridized carbons (Fsp3) is 0.300. The zero-order valence-corrected chi connectivity index (χ0v) is 8.67. The largest absolute Gasteiger partial charge is 0.384 e. The molecule has 1 aromatic rings. The van der Waals surface area contributed by atoms with E-state index in [4.69, 9.17) is 23.1 Å². The quantitative estimate of drug-likeness (QED) is 0.688. The summed E-state index contributed by atoms with van der Waals surface area (Å²) in [6.07, 6.45) is 2.20. The van der Waals surface area contributed by atoms with E-state index in [0.29, 0.717) is 22.8 Å². The summed E-state index contributed by atoms with van der Waals surface area (Å²) in [5, 5.41) is 0.523. The topological polar surface area (TPSA) is 64.9 Å². The molecule has 4 N–H and O–H groups in total. The molecule has 1 heterocycles. The fourth-order valence-corrected chi connectivity index (χ4v) is 1.05. The number of halogens is 1. The molecule has 0 aliphatic heterocycles. The second-order valence-electron chi connectivity index (χ2n) is 3.07. The molecular formula is C10H12ClN3. The van der Waals surface area contributed by atoms with E-state index >= 15 is 0 Å². The van der Waals surface area contributed by atoms with E-state index in [2.05, 4.69) is 16.8 Å². The van der Waals surface area contributed by atoms with E-state index < -0.39 is 0 Å². The molecule has 1 rings (SSSR count). The molecule has 0 bridgehead atoms. The van der Waals surface area contributed by atoms with Gasteiger partial charge in [0.05, 0.1) is 10.6 Å². The summed E-state index contributed by atoms with van der Waals surface area (Å²) in [6, 6.07) is 1.65. The Morgan fingerprint density at radius 2 is 2.36 bits per heavy atom. The molecule has 0 aliphatic rings. The summed E-state index contributed by atoms with van der Waals surface area (Å²) in [5.74, 6) is 6.21. The average Bonchev–Trinajstić information content (AvgIpc) is 2.08. The average molecular weight is 210 g/mol. The molecule has 0 aliphatic carbocycles. The zero-order valence-electron chi connectivity index (χ0n) is 7.92. The van der Waals surface area contributed by atoms with Gasteiger partial charge in [-0.15, -0.1) is 0 Å². The van der Waals surface area contributed by atoms with Gasteiger partial charge in [-0.1, -0.05) is 23.4 Å². The molecule has 3 nitrogen and oxygen atoms in total. The first-order valence-electron chi connectivity index (χ1n) is 4.25. The standard InChI is InChI=1S/C10H12ClN3/c1-7(12)3-2-4-8-6-14-10(13)5-9(8)11/h5-7H,3,12H2,1H3,(H2,13,14)/t7-/m0/s1. The van der Waals surface area contributed by atoms with Crippen LogP contribution in [0.1, 0.15) is 18.9 Å². The van der Waals surface area contributed by atoms with Crippen LogP contribution in [0.2, 0.25) is 5.02 Å². The van der Waals surface area contributed by atoms with Crippen molar-refractivity contribution in [3.05, 3.63) is 22.8 Å². The molecule has 0 saturated carbocycles. The highest BCUT2D eigenvalue weighted by molar-refractivity contribution is 6.31. The Morgan fingerprint density at radius 1 is 1.64 bits per heavy atom. The second kappa shape index (κ2) is 4.85. The SMILES string of the molecule is C[C@H](N)CC#Cc1cnc(N)cc1Cl. The highest BCUT2D eigenvalue weighted by atomic mass is 35.5. The Morgan fingerprint density at radius 3 is 2.93 bits per heavy atom. The monoisotopic (exact) mass is 209 g/mol. The van der Waals surface area contributed by atoms with Crippen molar-refractivity contribution >= 4 is 17.4 Å². The van der Waals surface area contributed by atoms with Crippen molar-refractivity contribution in [2.75, 3.05) is 5.73 Å². The van der Waals surface area contributed by atoms with Crippen molar-refractivity contribution in [3.63, 3.8) is 0 Å². The summed E-state index contributed by atoms with van der Waals surface area (Å²) >= 11 is 5.89. The molecule has 4 heteroatoms. The molecule has 74 valence electrons. The van der Waals surface area contributed by atoms with Gasteiger partial charge < -0.3 is 11.5 Å². The van der Waals surface area contributed by atoms with Crippen molar-refractivity contribution in [2.45, 2.75) is 19.4 Å². The van der Waals surface area contributed by atoms with Crippen molar-refractivity contribution in [3.8, 4) is 11.8 Å². The second-order valence-corrected chi connectivity index (χ2v) is 3.48. The number of nitrogens with zero attached hydrogens (tertiary/aromatic N) is 1. The van der Waals surface area contributed by atoms with Gasteiger partial charge >= 0.3 is 0 Å². The number of hydrogen-bond donors (Lipinski definition) is 2. The Bertz CT molecular complexity index is 377. The molecule has 0 aromatic carbocycles. The van der Waals surface area contributed by atoms with Gasteiger partial charge in [0.15, 0.2) is 0 Å². The van der Waals surface area contributed by atoms with Crippen molar-refractivity contribution in [1.82, 2.24) is 4.98 Å². The number of anilines is 1. The minimum atomic E-state index is 0.0722. The molecule has 1 atom stereocenters. The Hall–Kier alpha value is -1.24. The van der Waals surface area contributed by atoms with Crippen LogP contribution in [0.15, 0.2) is 12.3 Å². The maximum atomic E-state index is 5.89. The molecule has 0 spiro atoms. The van der Waals surface area contributed by atoms with Crippen LogP contribution in [0.4, 0.5) is 5.82 Å². The summed E-state index contributed by atoms with van der Waals surface area (Å²) in [6.45, 7) is 1.90. The van der Waals surface area contributed by atoms with Crippen LogP contribution in [0.3, 0.4) is 0 Å². The summed E-state index contributed by atoms with van der Waals surface area (Å²) in [4.78, 5) is 3.90. The predicted molar refractivity (Wildman–Crippen MR) is 58.8 cm³/mol. The summed E-state index contributed by atoms with van der Waals surface area (Å²) in [5.41, 5.74) is 11.7. The van der Waals surface area contributed by atoms with E-state index in [0.717, 1.165) is 0 Å².